The molecule has 3 nitrogen and oxygen atoms in total. The molecule has 0 saturated carbocycles. The van der Waals surface area contributed by atoms with E-state index in [4.69, 9.17) is 10.5 Å². The summed E-state index contributed by atoms with van der Waals surface area (Å²) in [7, 11) is 1.38. The number of halogens is 3. The van der Waals surface area contributed by atoms with Crippen LogP contribution in [-0.4, -0.2) is 18.3 Å². The lowest BCUT2D eigenvalue weighted by Crippen LogP contribution is -2.28. The summed E-state index contributed by atoms with van der Waals surface area (Å²) in [6.45, 7) is 0. The molecule has 2 N–H and O–H groups in total. The normalized spacial score (nSPS) is 13.8. The van der Waals surface area contributed by atoms with Crippen molar-refractivity contribution in [1.82, 2.24) is 4.98 Å². The van der Waals surface area contributed by atoms with Crippen LogP contribution in [0.2, 0.25) is 0 Å². The molecular formula is C8H9F3N2O. The van der Waals surface area contributed by atoms with Crippen molar-refractivity contribution in [1.29, 1.82) is 0 Å². The number of methoxy groups -OCH3 is 1. The van der Waals surface area contributed by atoms with E-state index in [1.54, 1.807) is 0 Å². The molecule has 1 aromatic heterocycles. The Morgan fingerprint density at radius 1 is 1.43 bits per heavy atom. The topological polar surface area (TPSA) is 48.1 Å². The first kappa shape index (κ1) is 10.8. The van der Waals surface area contributed by atoms with Gasteiger partial charge in [-0.05, 0) is 5.56 Å². The van der Waals surface area contributed by atoms with E-state index in [2.05, 4.69) is 4.98 Å². The molecule has 0 spiro atoms. The monoisotopic (exact) mass is 206 g/mol. The first-order valence-electron chi connectivity index (χ1n) is 3.77. The minimum atomic E-state index is -4.45. The Morgan fingerprint density at radius 3 is 2.43 bits per heavy atom. The SMILES string of the molecule is COc1ccc([C@H](N)C(F)(F)F)cn1. The van der Waals surface area contributed by atoms with Gasteiger partial charge in [0.25, 0.3) is 0 Å². The van der Waals surface area contributed by atoms with Gasteiger partial charge in [-0.15, -0.1) is 0 Å². The maximum absolute atomic E-state index is 12.1. The Morgan fingerprint density at radius 2 is 2.07 bits per heavy atom. The van der Waals surface area contributed by atoms with Gasteiger partial charge in [0.15, 0.2) is 0 Å². The third kappa shape index (κ3) is 2.35. The molecule has 1 heterocycles. The molecule has 1 atom stereocenters. The van der Waals surface area contributed by atoms with E-state index in [9.17, 15) is 13.2 Å². The second-order valence-corrected chi connectivity index (χ2v) is 2.65. The Balaban J connectivity index is 2.87. The van der Waals surface area contributed by atoms with Crippen LogP contribution >= 0.6 is 0 Å². The second kappa shape index (κ2) is 3.83. The molecule has 1 rings (SSSR count). The number of hydrogen-bond donors (Lipinski definition) is 1. The van der Waals surface area contributed by atoms with Gasteiger partial charge >= 0.3 is 6.18 Å². The van der Waals surface area contributed by atoms with Crippen LogP contribution in [0.1, 0.15) is 11.6 Å². The maximum atomic E-state index is 12.1. The van der Waals surface area contributed by atoms with Crippen molar-refractivity contribution in [3.8, 4) is 5.88 Å². The second-order valence-electron chi connectivity index (χ2n) is 2.65. The molecule has 0 aliphatic carbocycles. The summed E-state index contributed by atoms with van der Waals surface area (Å²) in [6.07, 6.45) is -3.40. The Kier molecular flexibility index (Phi) is 2.95. The van der Waals surface area contributed by atoms with Gasteiger partial charge in [-0.2, -0.15) is 13.2 Å². The summed E-state index contributed by atoms with van der Waals surface area (Å²) in [5.41, 5.74) is 4.87. The van der Waals surface area contributed by atoms with Gasteiger partial charge in [0.05, 0.1) is 7.11 Å². The van der Waals surface area contributed by atoms with E-state index < -0.39 is 12.2 Å². The fourth-order valence-electron chi connectivity index (χ4n) is 0.885. The lowest BCUT2D eigenvalue weighted by molar-refractivity contribution is -0.149. The van der Waals surface area contributed by atoms with E-state index in [1.807, 2.05) is 0 Å². The zero-order chi connectivity index (χ0) is 10.8. The zero-order valence-electron chi connectivity index (χ0n) is 7.38. The molecule has 1 aromatic rings. The summed E-state index contributed by atoms with van der Waals surface area (Å²) in [5, 5.41) is 0. The fourth-order valence-corrected chi connectivity index (χ4v) is 0.885. The van der Waals surface area contributed by atoms with Crippen molar-refractivity contribution in [2.24, 2.45) is 5.73 Å². The average molecular weight is 206 g/mol. The van der Waals surface area contributed by atoms with E-state index in [-0.39, 0.29) is 11.4 Å². The lowest BCUT2D eigenvalue weighted by Gasteiger charge is -2.15. The summed E-state index contributed by atoms with van der Waals surface area (Å²) < 4.78 is 41.1. The average Bonchev–Trinajstić information content (AvgIpc) is 2.15. The van der Waals surface area contributed by atoms with Crippen molar-refractivity contribution in [2.75, 3.05) is 7.11 Å². The van der Waals surface area contributed by atoms with Crippen LogP contribution in [-0.2, 0) is 0 Å². The van der Waals surface area contributed by atoms with Gasteiger partial charge in [0.1, 0.15) is 6.04 Å². The summed E-state index contributed by atoms with van der Waals surface area (Å²) >= 11 is 0. The van der Waals surface area contributed by atoms with Gasteiger partial charge < -0.3 is 10.5 Å². The maximum Gasteiger partial charge on any atom is 0.407 e. The van der Waals surface area contributed by atoms with E-state index in [0.717, 1.165) is 6.20 Å². The highest BCUT2D eigenvalue weighted by atomic mass is 19.4. The molecule has 0 bridgehead atoms. The Hall–Kier alpha value is -1.30. The molecular weight excluding hydrogens is 197 g/mol. The highest BCUT2D eigenvalue weighted by molar-refractivity contribution is 5.21. The molecule has 0 radical (unpaired) electrons. The van der Waals surface area contributed by atoms with Gasteiger partial charge in [-0.25, -0.2) is 4.98 Å². The molecule has 0 aliphatic rings. The van der Waals surface area contributed by atoms with Crippen LogP contribution in [0.15, 0.2) is 18.3 Å². The number of nitrogens with zero attached hydrogens (tertiary/aromatic N) is 1. The van der Waals surface area contributed by atoms with Crippen molar-refractivity contribution in [3.63, 3.8) is 0 Å². The van der Waals surface area contributed by atoms with Gasteiger partial charge in [0.2, 0.25) is 5.88 Å². The first-order valence-corrected chi connectivity index (χ1v) is 3.77. The molecule has 0 saturated heterocycles. The third-order valence-electron chi connectivity index (χ3n) is 1.68. The number of nitrogens with two attached hydrogens (primary N) is 1. The quantitative estimate of drug-likeness (QED) is 0.800. The van der Waals surface area contributed by atoms with Crippen LogP contribution in [0.25, 0.3) is 0 Å². The molecule has 0 aliphatic heterocycles. The summed E-state index contributed by atoms with van der Waals surface area (Å²) in [4.78, 5) is 3.63. The number of aromatic nitrogens is 1. The van der Waals surface area contributed by atoms with E-state index >= 15 is 0 Å². The van der Waals surface area contributed by atoms with Crippen LogP contribution in [0.3, 0.4) is 0 Å². The predicted octanol–water partition coefficient (Wildman–Crippen LogP) is 1.65. The van der Waals surface area contributed by atoms with Gasteiger partial charge in [0, 0.05) is 12.3 Å². The molecule has 0 aromatic carbocycles. The highest BCUT2D eigenvalue weighted by Crippen LogP contribution is 2.30. The molecule has 0 fully saturated rings. The largest absolute Gasteiger partial charge is 0.481 e. The van der Waals surface area contributed by atoms with Crippen molar-refractivity contribution < 1.29 is 17.9 Å². The summed E-state index contributed by atoms with van der Waals surface area (Å²) in [6, 6.07) is 0.575. The van der Waals surface area contributed by atoms with E-state index in [0.29, 0.717) is 0 Å². The predicted molar refractivity (Wildman–Crippen MR) is 43.8 cm³/mol. The first-order chi connectivity index (χ1) is 6.45. The van der Waals surface area contributed by atoms with E-state index in [1.165, 1.54) is 19.2 Å². The van der Waals surface area contributed by atoms with Crippen LogP contribution in [0.4, 0.5) is 13.2 Å². The number of pyridine rings is 1. The van der Waals surface area contributed by atoms with Crippen molar-refractivity contribution in [2.45, 2.75) is 12.2 Å². The van der Waals surface area contributed by atoms with Crippen molar-refractivity contribution in [3.05, 3.63) is 23.9 Å². The molecule has 0 unspecified atom stereocenters. The Bertz CT molecular complexity index is 296. The minimum Gasteiger partial charge on any atom is -0.481 e. The lowest BCUT2D eigenvalue weighted by atomic mass is 10.1. The van der Waals surface area contributed by atoms with Gasteiger partial charge in [-0.1, -0.05) is 6.07 Å². The van der Waals surface area contributed by atoms with Crippen molar-refractivity contribution >= 4 is 0 Å². The van der Waals surface area contributed by atoms with Crippen LogP contribution in [0, 0.1) is 0 Å². The molecule has 78 valence electrons. The number of ether oxygens (including phenoxy) is 1. The standard InChI is InChI=1S/C8H9F3N2O/c1-14-6-3-2-5(4-13-6)7(12)8(9,10)11/h2-4,7H,12H2,1H3/t7-/m0/s1. The fraction of sp³-hybridized carbons (Fsp3) is 0.375. The zero-order valence-corrected chi connectivity index (χ0v) is 7.38. The smallest absolute Gasteiger partial charge is 0.407 e. The minimum absolute atomic E-state index is 0.0849. The molecule has 0 amide bonds. The Labute approximate surface area is 78.7 Å². The van der Waals surface area contributed by atoms with Crippen LogP contribution < -0.4 is 10.5 Å². The highest BCUT2D eigenvalue weighted by Gasteiger charge is 2.37. The summed E-state index contributed by atoms with van der Waals surface area (Å²) in [5.74, 6) is 0.253. The molecule has 6 heteroatoms. The molecule has 14 heavy (non-hydrogen) atoms. The number of hydrogen-bond acceptors (Lipinski definition) is 3. The van der Waals surface area contributed by atoms with Gasteiger partial charge in [-0.3, -0.25) is 0 Å². The number of alkyl halides is 3. The number of rotatable bonds is 2. The third-order valence-corrected chi connectivity index (χ3v) is 1.68. The van der Waals surface area contributed by atoms with Crippen LogP contribution in [0.5, 0.6) is 5.88 Å².